The van der Waals surface area contributed by atoms with Gasteiger partial charge in [0.1, 0.15) is 0 Å². The van der Waals surface area contributed by atoms with Crippen LogP contribution in [0.3, 0.4) is 0 Å². The van der Waals surface area contributed by atoms with Gasteiger partial charge in [-0.25, -0.2) is 0 Å². The van der Waals surface area contributed by atoms with E-state index in [2.05, 4.69) is 32.1 Å². The Morgan fingerprint density at radius 1 is 1.33 bits per heavy atom. The topological polar surface area (TPSA) is 0 Å². The molecule has 0 fully saturated rings. The van der Waals surface area contributed by atoms with Crippen molar-refractivity contribution >= 4 is 33.7 Å². The van der Waals surface area contributed by atoms with E-state index in [9.17, 15) is 0 Å². The Morgan fingerprint density at radius 3 is 2.47 bits per heavy atom. The quantitative estimate of drug-likeness (QED) is 0.564. The number of benzene rings is 1. The van der Waals surface area contributed by atoms with Gasteiger partial charge in [0.15, 0.2) is 0 Å². The van der Waals surface area contributed by atoms with Gasteiger partial charge in [-0.1, -0.05) is 0 Å². The van der Waals surface area contributed by atoms with Crippen molar-refractivity contribution in [2.45, 2.75) is 19.2 Å². The van der Waals surface area contributed by atoms with Crippen molar-refractivity contribution in [1.82, 2.24) is 0 Å². The largest absolute Gasteiger partial charge is 1.00 e. The van der Waals surface area contributed by atoms with Crippen molar-refractivity contribution in [2.75, 3.05) is 0 Å². The maximum atomic E-state index is 5.33. The van der Waals surface area contributed by atoms with E-state index in [1.165, 1.54) is 10.9 Å². The van der Waals surface area contributed by atoms with E-state index in [0.29, 0.717) is 15.0 Å². The molecule has 0 saturated heterocycles. The van der Waals surface area contributed by atoms with Gasteiger partial charge in [-0.05, 0) is 0 Å². The van der Waals surface area contributed by atoms with Crippen LogP contribution >= 0.6 is 0 Å². The number of hydrogen-bond donors (Lipinski definition) is 0. The molecule has 3 heteroatoms. The first kappa shape index (κ1) is 15.3. The molecular formula is C12H15LiSSe. The van der Waals surface area contributed by atoms with E-state index in [-0.39, 0.29) is 18.9 Å². The summed E-state index contributed by atoms with van der Waals surface area (Å²) in [5.74, 6) is 0.761. The fourth-order valence-electron chi connectivity index (χ4n) is 0.976. The minimum Gasteiger partial charge on any atom is 1.00 e. The monoisotopic (exact) mass is 278 g/mol. The molecule has 1 aromatic carbocycles. The van der Waals surface area contributed by atoms with E-state index in [0.717, 1.165) is 9.72 Å². The van der Waals surface area contributed by atoms with Crippen LogP contribution in [0.5, 0.6) is 0 Å². The maximum Gasteiger partial charge on any atom is 1.00 e. The molecule has 0 unspecified atom stereocenters. The van der Waals surface area contributed by atoms with Crippen LogP contribution in [0.15, 0.2) is 34.1 Å². The first-order chi connectivity index (χ1) is 6.68. The van der Waals surface area contributed by atoms with E-state index < -0.39 is 0 Å². The van der Waals surface area contributed by atoms with Gasteiger partial charge in [0.25, 0.3) is 0 Å². The summed E-state index contributed by atoms with van der Waals surface area (Å²) in [5.41, 5.74) is 1.23. The van der Waals surface area contributed by atoms with Crippen LogP contribution in [-0.4, -0.2) is 15.0 Å². The van der Waals surface area contributed by atoms with Crippen LogP contribution < -0.4 is 18.9 Å². The summed E-state index contributed by atoms with van der Waals surface area (Å²) in [4.78, 5) is 0. The van der Waals surface area contributed by atoms with E-state index >= 15 is 0 Å². The molecule has 76 valence electrons. The summed E-state index contributed by atoms with van der Waals surface area (Å²) < 4.78 is 1.12. The minimum absolute atomic E-state index is 0. The first-order valence-electron chi connectivity index (χ1n) is 4.75. The van der Waals surface area contributed by atoms with Gasteiger partial charge in [0.05, 0.1) is 0 Å². The minimum atomic E-state index is 0. The third-order valence-electron chi connectivity index (χ3n) is 1.64. The van der Waals surface area contributed by atoms with Crippen LogP contribution in [0, 0.1) is 5.92 Å². The molecule has 0 spiro atoms. The molecule has 0 heterocycles. The van der Waals surface area contributed by atoms with Crippen molar-refractivity contribution in [1.29, 1.82) is 0 Å². The summed E-state index contributed by atoms with van der Waals surface area (Å²) in [7, 11) is 0. The van der Waals surface area contributed by atoms with Gasteiger partial charge in [-0.2, -0.15) is 0 Å². The van der Waals surface area contributed by atoms with Crippen LogP contribution in [0.25, 0.3) is 6.08 Å². The second-order valence-electron chi connectivity index (χ2n) is 3.58. The summed E-state index contributed by atoms with van der Waals surface area (Å²) in [6, 6.07) is 10.3. The fourth-order valence-corrected chi connectivity index (χ4v) is 2.97. The van der Waals surface area contributed by atoms with Gasteiger partial charge in [0, 0.05) is 0 Å². The van der Waals surface area contributed by atoms with Crippen LogP contribution in [0.4, 0.5) is 0 Å². The summed E-state index contributed by atoms with van der Waals surface area (Å²) in [5, 5.41) is 1.25. The Bertz CT molecular complexity index is 296. The molecule has 1 aromatic rings. The fraction of sp³-hybridized carbons (Fsp3) is 0.333. The van der Waals surface area contributed by atoms with Crippen molar-refractivity contribution < 1.29 is 18.9 Å². The smallest absolute Gasteiger partial charge is 1.00 e. The number of rotatable bonds is 4. The van der Waals surface area contributed by atoms with Gasteiger partial charge >= 0.3 is 117 Å². The Hall–Kier alpha value is 0.297. The SMILES string of the molecule is CC(C)C[Se]/C([S-])=C/c1ccccc1.[Li+]. The average Bonchev–Trinajstić information content (AvgIpc) is 2.16. The van der Waals surface area contributed by atoms with Crippen LogP contribution in [0.2, 0.25) is 5.32 Å². The first-order valence-corrected chi connectivity index (χ1v) is 7.22. The van der Waals surface area contributed by atoms with E-state index in [1.54, 1.807) is 0 Å². The predicted octanol–water partition coefficient (Wildman–Crippen LogP) is 0.314. The summed E-state index contributed by atoms with van der Waals surface area (Å²) >= 11 is 5.81. The molecular weight excluding hydrogens is 262 g/mol. The van der Waals surface area contributed by atoms with E-state index in [4.69, 9.17) is 12.6 Å². The maximum absolute atomic E-state index is 5.33. The third-order valence-corrected chi connectivity index (χ3v) is 4.97. The predicted molar refractivity (Wildman–Crippen MR) is 67.2 cm³/mol. The normalized spacial score (nSPS) is 11.3. The molecule has 0 N–H and O–H groups in total. The molecule has 0 nitrogen and oxygen atoms in total. The molecule has 1 rings (SSSR count). The second-order valence-corrected chi connectivity index (χ2v) is 6.83. The molecule has 15 heavy (non-hydrogen) atoms. The third kappa shape index (κ3) is 7.23. The van der Waals surface area contributed by atoms with Gasteiger partial charge in [-0.3, -0.25) is 0 Å². The Labute approximate surface area is 117 Å². The molecule has 0 amide bonds. The molecule has 0 aliphatic rings. The van der Waals surface area contributed by atoms with Gasteiger partial charge < -0.3 is 0 Å². The standard InChI is InChI=1S/C12H16SSe.Li/c1-10(2)9-14-12(13)8-11-6-4-3-5-7-11;/h3-8,10,13H,9H2,1-2H3;/q;+1/p-1/b12-8+;. The molecule has 0 radical (unpaired) electrons. The van der Waals surface area contributed by atoms with Crippen molar-refractivity contribution in [3.05, 3.63) is 39.7 Å². The zero-order valence-corrected chi connectivity index (χ0v) is 12.1. The Morgan fingerprint density at radius 2 is 1.93 bits per heavy atom. The van der Waals surface area contributed by atoms with Crippen molar-refractivity contribution in [2.24, 2.45) is 5.92 Å². The van der Waals surface area contributed by atoms with Crippen molar-refractivity contribution in [3.63, 3.8) is 0 Å². The summed E-state index contributed by atoms with van der Waals surface area (Å²) in [6.07, 6.45) is 2.12. The molecule has 0 aromatic heterocycles. The molecule has 0 aliphatic carbocycles. The molecule has 0 aliphatic heterocycles. The van der Waals surface area contributed by atoms with Crippen LogP contribution in [-0.2, 0) is 12.6 Å². The zero-order chi connectivity index (χ0) is 10.4. The average molecular weight is 277 g/mol. The van der Waals surface area contributed by atoms with Crippen molar-refractivity contribution in [3.8, 4) is 0 Å². The zero-order valence-electron chi connectivity index (χ0n) is 9.57. The summed E-state index contributed by atoms with van der Waals surface area (Å²) in [6.45, 7) is 4.49. The molecule has 0 bridgehead atoms. The van der Waals surface area contributed by atoms with Crippen LogP contribution in [0.1, 0.15) is 19.4 Å². The molecule has 0 atom stereocenters. The molecule has 0 saturated carbocycles. The second kappa shape index (κ2) is 8.45. The number of hydrogen-bond acceptors (Lipinski definition) is 1. The van der Waals surface area contributed by atoms with E-state index in [1.807, 2.05) is 18.2 Å². The Balaban J connectivity index is 0.00000196. The van der Waals surface area contributed by atoms with Gasteiger partial charge in [-0.15, -0.1) is 0 Å². The Kier molecular flexibility index (Phi) is 8.62. The van der Waals surface area contributed by atoms with Gasteiger partial charge in [0.2, 0.25) is 0 Å².